The van der Waals surface area contributed by atoms with Gasteiger partial charge in [-0.05, 0) is 68.1 Å². The molecule has 31 heavy (non-hydrogen) atoms. The molecule has 0 saturated carbocycles. The van der Waals surface area contributed by atoms with Crippen LogP contribution in [0.3, 0.4) is 0 Å². The first kappa shape index (κ1) is 24.2. The number of nitrogens with zero attached hydrogens (tertiary/aromatic N) is 1. The van der Waals surface area contributed by atoms with E-state index in [4.69, 9.17) is 9.47 Å². The summed E-state index contributed by atoms with van der Waals surface area (Å²) in [7, 11) is 0. The minimum atomic E-state index is -0.242. The van der Waals surface area contributed by atoms with E-state index in [0.29, 0.717) is 17.9 Å². The predicted octanol–water partition coefficient (Wildman–Crippen LogP) is 3.95. The molecule has 8 heteroatoms. The van der Waals surface area contributed by atoms with Gasteiger partial charge in [0.2, 0.25) is 0 Å². The SMILES string of the molecule is CCNN=Cc1ccc(C(=O)Nc2ccc3c(c2)CCC(CC(=O)OCC)O3)cc1.Cl. The number of esters is 1. The molecule has 1 heterocycles. The normalized spacial score (nSPS) is 14.7. The highest BCUT2D eigenvalue weighted by Gasteiger charge is 2.23. The molecule has 2 aromatic rings. The zero-order chi connectivity index (χ0) is 21.3. The van der Waals surface area contributed by atoms with Crippen LogP contribution in [0, 0.1) is 0 Å². The summed E-state index contributed by atoms with van der Waals surface area (Å²) in [6.07, 6.45) is 3.30. The van der Waals surface area contributed by atoms with Gasteiger partial charge in [-0.25, -0.2) is 0 Å². The Kier molecular flexibility index (Phi) is 9.34. The Balaban J connectivity index is 0.00000341. The fourth-order valence-electron chi connectivity index (χ4n) is 3.21. The lowest BCUT2D eigenvalue weighted by atomic mass is 10.00. The predicted molar refractivity (Wildman–Crippen MR) is 123 cm³/mol. The summed E-state index contributed by atoms with van der Waals surface area (Å²) < 4.78 is 10.9. The molecule has 1 aliphatic rings. The molecule has 2 aromatic carbocycles. The molecule has 3 rings (SSSR count). The summed E-state index contributed by atoms with van der Waals surface area (Å²) >= 11 is 0. The highest BCUT2D eigenvalue weighted by atomic mass is 35.5. The number of hydrazone groups is 1. The molecule has 0 aromatic heterocycles. The summed E-state index contributed by atoms with van der Waals surface area (Å²) in [6, 6.07) is 12.8. The van der Waals surface area contributed by atoms with Crippen molar-refractivity contribution >= 4 is 36.2 Å². The number of fused-ring (bicyclic) bond motifs is 1. The summed E-state index contributed by atoms with van der Waals surface area (Å²) in [4.78, 5) is 24.2. The van der Waals surface area contributed by atoms with Crippen molar-refractivity contribution in [3.8, 4) is 5.75 Å². The summed E-state index contributed by atoms with van der Waals surface area (Å²) in [6.45, 7) is 4.89. The van der Waals surface area contributed by atoms with E-state index >= 15 is 0 Å². The number of amides is 1. The van der Waals surface area contributed by atoms with Crippen LogP contribution in [-0.2, 0) is 16.0 Å². The van der Waals surface area contributed by atoms with Crippen LogP contribution in [0.25, 0.3) is 0 Å². The second kappa shape index (κ2) is 12.0. The number of ether oxygens (including phenoxy) is 2. The molecule has 1 atom stereocenters. The first-order valence-corrected chi connectivity index (χ1v) is 10.2. The van der Waals surface area contributed by atoms with Crippen molar-refractivity contribution in [2.24, 2.45) is 5.10 Å². The fourth-order valence-corrected chi connectivity index (χ4v) is 3.21. The monoisotopic (exact) mass is 445 g/mol. The second-order valence-electron chi connectivity index (χ2n) is 6.96. The Morgan fingerprint density at radius 1 is 1.19 bits per heavy atom. The maximum atomic E-state index is 12.5. The minimum Gasteiger partial charge on any atom is -0.490 e. The topological polar surface area (TPSA) is 89.0 Å². The number of rotatable bonds is 8. The van der Waals surface area contributed by atoms with Gasteiger partial charge >= 0.3 is 5.97 Å². The number of carbonyl (C=O) groups excluding carboxylic acids is 2. The van der Waals surface area contributed by atoms with Crippen molar-refractivity contribution < 1.29 is 19.1 Å². The minimum absolute atomic E-state index is 0. The lowest BCUT2D eigenvalue weighted by molar-refractivity contribution is -0.145. The maximum Gasteiger partial charge on any atom is 0.309 e. The number of aryl methyl sites for hydroxylation is 1. The molecule has 1 amide bonds. The summed E-state index contributed by atoms with van der Waals surface area (Å²) in [5.74, 6) is 0.327. The molecule has 166 valence electrons. The zero-order valence-electron chi connectivity index (χ0n) is 17.7. The van der Waals surface area contributed by atoms with Gasteiger partial charge in [0.05, 0.1) is 19.2 Å². The van der Waals surface area contributed by atoms with Crippen molar-refractivity contribution in [2.45, 2.75) is 39.2 Å². The van der Waals surface area contributed by atoms with Gasteiger partial charge in [0.25, 0.3) is 5.91 Å². The van der Waals surface area contributed by atoms with E-state index in [1.807, 2.05) is 31.2 Å². The molecular weight excluding hydrogens is 418 g/mol. The summed E-state index contributed by atoms with van der Waals surface area (Å²) in [5, 5.41) is 6.99. The van der Waals surface area contributed by atoms with Gasteiger partial charge in [-0.15, -0.1) is 12.4 Å². The number of benzene rings is 2. The van der Waals surface area contributed by atoms with Gasteiger partial charge in [-0.3, -0.25) is 9.59 Å². The van der Waals surface area contributed by atoms with E-state index in [1.54, 1.807) is 31.3 Å². The van der Waals surface area contributed by atoms with Crippen LogP contribution in [0.2, 0.25) is 0 Å². The molecule has 1 aliphatic heterocycles. The van der Waals surface area contributed by atoms with Crippen LogP contribution in [0.1, 0.15) is 48.2 Å². The van der Waals surface area contributed by atoms with Gasteiger partial charge in [-0.1, -0.05) is 12.1 Å². The van der Waals surface area contributed by atoms with E-state index in [1.165, 1.54) is 0 Å². The van der Waals surface area contributed by atoms with Crippen molar-refractivity contribution in [3.63, 3.8) is 0 Å². The second-order valence-corrected chi connectivity index (χ2v) is 6.96. The Morgan fingerprint density at radius 2 is 1.97 bits per heavy atom. The van der Waals surface area contributed by atoms with E-state index in [0.717, 1.165) is 36.3 Å². The van der Waals surface area contributed by atoms with E-state index < -0.39 is 0 Å². The lowest BCUT2D eigenvalue weighted by Crippen LogP contribution is -2.26. The molecule has 7 nitrogen and oxygen atoms in total. The van der Waals surface area contributed by atoms with Crippen molar-refractivity contribution in [3.05, 3.63) is 59.2 Å². The Labute approximate surface area is 188 Å². The summed E-state index contributed by atoms with van der Waals surface area (Å²) in [5.41, 5.74) is 6.08. The molecule has 0 aliphatic carbocycles. The molecule has 0 spiro atoms. The fraction of sp³-hybridized carbons (Fsp3) is 0.348. The average molecular weight is 446 g/mol. The highest BCUT2D eigenvalue weighted by molar-refractivity contribution is 6.04. The molecule has 0 radical (unpaired) electrons. The number of nitrogens with one attached hydrogen (secondary N) is 2. The number of hydrogen-bond acceptors (Lipinski definition) is 6. The highest BCUT2D eigenvalue weighted by Crippen LogP contribution is 2.31. The van der Waals surface area contributed by atoms with Crippen LogP contribution < -0.4 is 15.5 Å². The van der Waals surface area contributed by atoms with Gasteiger partial charge in [0, 0.05) is 17.8 Å². The Hall–Kier alpha value is -3.06. The van der Waals surface area contributed by atoms with Crippen LogP contribution in [0.4, 0.5) is 5.69 Å². The molecular formula is C23H28ClN3O4. The van der Waals surface area contributed by atoms with E-state index in [-0.39, 0.29) is 36.8 Å². The number of halogens is 1. The van der Waals surface area contributed by atoms with E-state index in [2.05, 4.69) is 15.8 Å². The van der Waals surface area contributed by atoms with Crippen molar-refractivity contribution in [2.75, 3.05) is 18.5 Å². The smallest absolute Gasteiger partial charge is 0.309 e. The van der Waals surface area contributed by atoms with Crippen LogP contribution in [-0.4, -0.2) is 37.3 Å². The number of carbonyl (C=O) groups is 2. The third kappa shape index (κ3) is 7.00. The molecule has 0 bridgehead atoms. The number of anilines is 1. The van der Waals surface area contributed by atoms with Gasteiger partial charge in [0.1, 0.15) is 11.9 Å². The zero-order valence-corrected chi connectivity index (χ0v) is 18.5. The van der Waals surface area contributed by atoms with Gasteiger partial charge in [-0.2, -0.15) is 5.10 Å². The maximum absolute atomic E-state index is 12.5. The van der Waals surface area contributed by atoms with Crippen LogP contribution in [0.15, 0.2) is 47.6 Å². The van der Waals surface area contributed by atoms with Gasteiger partial charge < -0.3 is 20.2 Å². The van der Waals surface area contributed by atoms with Crippen LogP contribution >= 0.6 is 12.4 Å². The van der Waals surface area contributed by atoms with E-state index in [9.17, 15) is 9.59 Å². The number of hydrogen-bond donors (Lipinski definition) is 2. The van der Waals surface area contributed by atoms with Crippen molar-refractivity contribution in [1.29, 1.82) is 0 Å². The Bertz CT molecular complexity index is 916. The average Bonchev–Trinajstić information content (AvgIpc) is 2.74. The Morgan fingerprint density at radius 3 is 2.68 bits per heavy atom. The molecule has 1 unspecified atom stereocenters. The molecule has 0 fully saturated rings. The lowest BCUT2D eigenvalue weighted by Gasteiger charge is -2.26. The molecule has 0 saturated heterocycles. The third-order valence-corrected chi connectivity index (χ3v) is 4.68. The quantitative estimate of drug-likeness (QED) is 0.365. The standard InChI is InChI=1S/C23H27N3O4.ClH/c1-3-24-25-15-16-5-7-17(8-6-16)23(28)26-19-10-12-21-18(13-19)9-11-20(30-21)14-22(27)29-4-2;/h5-8,10,12-13,15,20,24H,3-4,9,11,14H2,1-2H3,(H,26,28);1H. The van der Waals surface area contributed by atoms with Gasteiger partial charge in [0.15, 0.2) is 0 Å². The largest absolute Gasteiger partial charge is 0.490 e. The third-order valence-electron chi connectivity index (χ3n) is 4.68. The first-order valence-electron chi connectivity index (χ1n) is 10.2. The van der Waals surface area contributed by atoms with Crippen LogP contribution in [0.5, 0.6) is 5.75 Å². The molecule has 2 N–H and O–H groups in total. The van der Waals surface area contributed by atoms with Crippen molar-refractivity contribution in [1.82, 2.24) is 5.43 Å². The first-order chi connectivity index (χ1) is 14.6.